The second kappa shape index (κ2) is 9.67. The van der Waals surface area contributed by atoms with Crippen molar-refractivity contribution in [3.8, 4) is 5.75 Å². The zero-order valence-corrected chi connectivity index (χ0v) is 17.6. The van der Waals surface area contributed by atoms with Gasteiger partial charge >= 0.3 is 5.97 Å². The number of benzene rings is 2. The fourth-order valence-electron chi connectivity index (χ4n) is 4.69. The number of carbonyl (C=O) groups is 2. The Hall–Kier alpha value is -2.97. The first-order valence-electron chi connectivity index (χ1n) is 10.8. The summed E-state index contributed by atoms with van der Waals surface area (Å²) < 4.78 is 20.0. The summed E-state index contributed by atoms with van der Waals surface area (Å²) in [5.74, 6) is -1.90. The predicted molar refractivity (Wildman–Crippen MR) is 115 cm³/mol. The van der Waals surface area contributed by atoms with E-state index in [2.05, 4.69) is 22.3 Å². The van der Waals surface area contributed by atoms with Crippen molar-refractivity contribution in [1.82, 2.24) is 10.2 Å². The van der Waals surface area contributed by atoms with Crippen molar-refractivity contribution in [2.75, 3.05) is 6.54 Å². The molecule has 0 bridgehead atoms. The maximum absolute atomic E-state index is 14.1. The van der Waals surface area contributed by atoms with Gasteiger partial charge < -0.3 is 20.3 Å². The molecule has 1 heterocycles. The smallest absolute Gasteiger partial charge is 0.303 e. The summed E-state index contributed by atoms with van der Waals surface area (Å²) >= 11 is 0. The fraction of sp³-hybridized carbons (Fsp3) is 0.417. The van der Waals surface area contributed by atoms with E-state index in [-0.39, 0.29) is 25.0 Å². The molecule has 32 heavy (non-hydrogen) atoms. The molecule has 0 aromatic heterocycles. The van der Waals surface area contributed by atoms with E-state index >= 15 is 0 Å². The number of carboxylic acids is 1. The predicted octanol–water partition coefficient (Wildman–Crippen LogP) is 2.11. The third kappa shape index (κ3) is 4.92. The van der Waals surface area contributed by atoms with Gasteiger partial charge in [0.05, 0.1) is 18.5 Å². The lowest BCUT2D eigenvalue weighted by Crippen LogP contribution is -2.54. The molecule has 0 unspecified atom stereocenters. The molecule has 0 saturated heterocycles. The van der Waals surface area contributed by atoms with Crippen LogP contribution in [0.2, 0.25) is 0 Å². The van der Waals surface area contributed by atoms with Gasteiger partial charge in [-0.3, -0.25) is 14.5 Å². The van der Waals surface area contributed by atoms with Gasteiger partial charge in [-0.1, -0.05) is 36.4 Å². The highest BCUT2D eigenvalue weighted by molar-refractivity contribution is 5.80. The normalized spacial score (nSPS) is 25.2. The molecule has 170 valence electrons. The quantitative estimate of drug-likeness (QED) is 0.608. The second-order valence-electron chi connectivity index (χ2n) is 8.36. The highest BCUT2D eigenvalue weighted by Crippen LogP contribution is 2.33. The third-order valence-electron chi connectivity index (χ3n) is 6.24. The highest BCUT2D eigenvalue weighted by atomic mass is 19.1. The van der Waals surface area contributed by atoms with E-state index in [0.717, 1.165) is 6.42 Å². The molecule has 3 N–H and O–H groups in total. The van der Waals surface area contributed by atoms with Crippen molar-refractivity contribution in [2.24, 2.45) is 0 Å². The van der Waals surface area contributed by atoms with E-state index in [4.69, 9.17) is 9.84 Å². The Balaban J connectivity index is 1.53. The topological polar surface area (TPSA) is 99.1 Å². The molecular weight excluding hydrogens is 415 g/mol. The van der Waals surface area contributed by atoms with Crippen LogP contribution in [0.25, 0.3) is 0 Å². The number of amides is 1. The number of aliphatic carboxylic acids is 1. The SMILES string of the molecule is O=C(O)CCC(=O)N[C@@H]1C[C@@H](Oc2ccccc2F)[C@H](O)[C@H]1N1CCc2ccccc2C1. The Labute approximate surface area is 185 Å². The van der Waals surface area contributed by atoms with Crippen molar-refractivity contribution >= 4 is 11.9 Å². The van der Waals surface area contributed by atoms with Gasteiger partial charge in [0, 0.05) is 25.9 Å². The van der Waals surface area contributed by atoms with Gasteiger partial charge in [0.25, 0.3) is 0 Å². The van der Waals surface area contributed by atoms with E-state index in [1.807, 2.05) is 12.1 Å². The Kier molecular flexibility index (Phi) is 6.72. The minimum Gasteiger partial charge on any atom is -0.485 e. The van der Waals surface area contributed by atoms with E-state index in [0.29, 0.717) is 13.1 Å². The molecule has 4 atom stereocenters. The summed E-state index contributed by atoms with van der Waals surface area (Å²) in [5.41, 5.74) is 2.43. The summed E-state index contributed by atoms with van der Waals surface area (Å²) in [6.45, 7) is 1.32. The summed E-state index contributed by atoms with van der Waals surface area (Å²) in [6, 6.07) is 13.3. The third-order valence-corrected chi connectivity index (χ3v) is 6.24. The van der Waals surface area contributed by atoms with Gasteiger partial charge in [-0.15, -0.1) is 0 Å². The minimum atomic E-state index is -1.04. The van der Waals surface area contributed by atoms with E-state index in [9.17, 15) is 19.1 Å². The number of rotatable bonds is 7. The van der Waals surface area contributed by atoms with Crippen LogP contribution in [0.4, 0.5) is 4.39 Å². The average Bonchev–Trinajstić information content (AvgIpc) is 3.08. The molecule has 1 aliphatic carbocycles. The number of fused-ring (bicyclic) bond motifs is 1. The molecule has 2 aromatic carbocycles. The van der Waals surface area contributed by atoms with Crippen LogP contribution in [-0.2, 0) is 22.6 Å². The van der Waals surface area contributed by atoms with E-state index in [1.165, 1.54) is 23.3 Å². The number of ether oxygens (including phenoxy) is 1. The van der Waals surface area contributed by atoms with Crippen molar-refractivity contribution in [3.05, 3.63) is 65.5 Å². The average molecular weight is 442 g/mol. The van der Waals surface area contributed by atoms with Gasteiger partial charge in [0.2, 0.25) is 5.91 Å². The number of nitrogens with one attached hydrogen (secondary N) is 1. The van der Waals surface area contributed by atoms with Crippen molar-refractivity contribution in [1.29, 1.82) is 0 Å². The lowest BCUT2D eigenvalue weighted by Gasteiger charge is -2.38. The Bertz CT molecular complexity index is 984. The Morgan fingerprint density at radius 2 is 1.81 bits per heavy atom. The maximum Gasteiger partial charge on any atom is 0.303 e. The van der Waals surface area contributed by atoms with E-state index in [1.54, 1.807) is 12.1 Å². The monoisotopic (exact) mass is 442 g/mol. The van der Waals surface area contributed by atoms with Crippen LogP contribution in [0.1, 0.15) is 30.4 Å². The summed E-state index contributed by atoms with van der Waals surface area (Å²) in [6.07, 6.45) is -0.966. The fourth-order valence-corrected chi connectivity index (χ4v) is 4.69. The Morgan fingerprint density at radius 1 is 1.09 bits per heavy atom. The number of carboxylic acid groups (broad SMARTS) is 1. The first-order chi connectivity index (χ1) is 15.4. The molecule has 7 nitrogen and oxygen atoms in total. The number of carbonyl (C=O) groups excluding carboxylic acids is 1. The molecule has 4 rings (SSSR count). The van der Waals surface area contributed by atoms with Crippen LogP contribution in [0, 0.1) is 5.82 Å². The standard InChI is InChI=1S/C24H27FN2O5/c25-17-7-3-4-8-19(17)32-20-13-18(26-21(28)9-10-22(29)30)23(24(20)31)27-12-11-15-5-1-2-6-16(15)14-27/h1-8,18,20,23-24,31H,9-14H2,(H,26,28)(H,29,30)/t18-,20-,23+,24+/m1/s1. The molecule has 2 aliphatic rings. The highest BCUT2D eigenvalue weighted by Gasteiger charge is 2.48. The molecule has 0 radical (unpaired) electrons. The van der Waals surface area contributed by atoms with Gasteiger partial charge in [0.15, 0.2) is 11.6 Å². The molecule has 1 saturated carbocycles. The lowest BCUT2D eigenvalue weighted by atomic mass is 9.97. The molecule has 1 amide bonds. The van der Waals surface area contributed by atoms with Crippen LogP contribution in [0.15, 0.2) is 48.5 Å². The van der Waals surface area contributed by atoms with Gasteiger partial charge in [-0.05, 0) is 29.7 Å². The summed E-state index contributed by atoms with van der Waals surface area (Å²) in [7, 11) is 0. The van der Waals surface area contributed by atoms with Gasteiger partial charge in [-0.2, -0.15) is 0 Å². The van der Waals surface area contributed by atoms with Gasteiger partial charge in [0.1, 0.15) is 12.2 Å². The van der Waals surface area contributed by atoms with Crippen LogP contribution < -0.4 is 10.1 Å². The molecule has 2 aromatic rings. The van der Waals surface area contributed by atoms with Crippen LogP contribution in [0.5, 0.6) is 5.75 Å². The molecule has 1 aliphatic heterocycles. The van der Waals surface area contributed by atoms with Gasteiger partial charge in [-0.25, -0.2) is 4.39 Å². The van der Waals surface area contributed by atoms with Crippen LogP contribution in [-0.4, -0.2) is 57.8 Å². The number of hydrogen-bond acceptors (Lipinski definition) is 5. The van der Waals surface area contributed by atoms with Crippen molar-refractivity contribution in [3.63, 3.8) is 0 Å². The zero-order chi connectivity index (χ0) is 22.7. The minimum absolute atomic E-state index is 0.0529. The Morgan fingerprint density at radius 3 is 2.56 bits per heavy atom. The second-order valence-corrected chi connectivity index (χ2v) is 8.36. The van der Waals surface area contributed by atoms with Crippen LogP contribution >= 0.6 is 0 Å². The number of hydrogen-bond donors (Lipinski definition) is 3. The summed E-state index contributed by atoms with van der Waals surface area (Å²) in [4.78, 5) is 25.3. The molecule has 1 fully saturated rings. The first-order valence-corrected chi connectivity index (χ1v) is 10.8. The number of aliphatic hydroxyl groups excluding tert-OH is 1. The number of para-hydroxylation sites is 1. The molecule has 0 spiro atoms. The van der Waals surface area contributed by atoms with Crippen molar-refractivity contribution in [2.45, 2.75) is 56.5 Å². The molecular formula is C24H27FN2O5. The molecule has 8 heteroatoms. The number of aliphatic hydroxyl groups is 1. The number of nitrogens with zero attached hydrogens (tertiary/aromatic N) is 1. The first kappa shape index (κ1) is 22.2. The van der Waals surface area contributed by atoms with Crippen molar-refractivity contribution < 1.29 is 28.9 Å². The van der Waals surface area contributed by atoms with E-state index < -0.39 is 42.0 Å². The lowest BCUT2D eigenvalue weighted by molar-refractivity contribution is -0.139. The van der Waals surface area contributed by atoms with Crippen LogP contribution in [0.3, 0.4) is 0 Å². The zero-order valence-electron chi connectivity index (χ0n) is 17.6. The number of halogens is 1. The largest absolute Gasteiger partial charge is 0.485 e. The summed E-state index contributed by atoms with van der Waals surface area (Å²) in [5, 5.41) is 22.9. The maximum atomic E-state index is 14.1.